The molecule has 2 heterocycles. The molecule has 6 rings (SSSR count). The molecule has 0 spiro atoms. The van der Waals surface area contributed by atoms with Gasteiger partial charge in [0, 0.05) is 44.0 Å². The van der Waals surface area contributed by atoms with E-state index in [9.17, 15) is 19.8 Å². The van der Waals surface area contributed by atoms with E-state index in [-0.39, 0.29) is 43.3 Å². The summed E-state index contributed by atoms with van der Waals surface area (Å²) in [5, 5.41) is 25.3. The highest BCUT2D eigenvalue weighted by molar-refractivity contribution is 5.93. The summed E-state index contributed by atoms with van der Waals surface area (Å²) in [6.45, 7) is 2.28. The SMILES string of the molecule is Nc1ccccc1NC(=O)CCCCCC(=O)NCc1cccc(-c2ccc([C@H]3O[C@@H](CN4CCC[C@H]4CO)C[C@@H](c4ccc(CO)cc4)O3)cc2)c1. The second-order valence-corrected chi connectivity index (χ2v) is 14.1. The molecule has 2 aliphatic rings. The first-order chi connectivity index (χ1) is 25.9. The highest BCUT2D eigenvalue weighted by Crippen LogP contribution is 2.39. The first kappa shape index (κ1) is 38.2. The van der Waals surface area contributed by atoms with Crippen molar-refractivity contribution in [2.24, 2.45) is 0 Å². The van der Waals surface area contributed by atoms with Crippen LogP contribution < -0.4 is 16.4 Å². The van der Waals surface area contributed by atoms with Gasteiger partial charge in [0.15, 0.2) is 6.29 Å². The number of nitrogens with zero attached hydrogens (tertiary/aromatic N) is 1. The van der Waals surface area contributed by atoms with Crippen LogP contribution >= 0.6 is 0 Å². The number of rotatable bonds is 16. The number of amides is 2. The molecule has 0 saturated carbocycles. The third-order valence-electron chi connectivity index (χ3n) is 10.2. The highest BCUT2D eigenvalue weighted by Gasteiger charge is 2.35. The zero-order valence-electron chi connectivity index (χ0n) is 30.3. The van der Waals surface area contributed by atoms with Gasteiger partial charge in [0.05, 0.1) is 36.8 Å². The van der Waals surface area contributed by atoms with Crippen molar-refractivity contribution >= 4 is 23.2 Å². The number of likely N-dealkylation sites (tertiary alicyclic amines) is 1. The zero-order valence-corrected chi connectivity index (χ0v) is 30.3. The predicted octanol–water partition coefficient (Wildman–Crippen LogP) is 6.64. The molecule has 4 aromatic rings. The first-order valence-electron chi connectivity index (χ1n) is 18.8. The Hall–Kier alpha value is -4.58. The van der Waals surface area contributed by atoms with Crippen molar-refractivity contribution in [3.8, 4) is 11.1 Å². The smallest absolute Gasteiger partial charge is 0.224 e. The summed E-state index contributed by atoms with van der Waals surface area (Å²) in [6, 6.07) is 31.7. The number of unbranched alkanes of at least 4 members (excludes halogenated alkanes) is 2. The fraction of sp³-hybridized carbons (Fsp3) is 0.395. The number of benzene rings is 4. The van der Waals surface area contributed by atoms with E-state index in [4.69, 9.17) is 15.2 Å². The Morgan fingerprint density at radius 2 is 1.55 bits per heavy atom. The second kappa shape index (κ2) is 19.0. The molecule has 0 aliphatic carbocycles. The van der Waals surface area contributed by atoms with Gasteiger partial charge in [-0.1, -0.05) is 85.3 Å². The molecular weight excluding hydrogens is 668 g/mol. The first-order valence-corrected chi connectivity index (χ1v) is 18.8. The molecule has 4 atom stereocenters. The van der Waals surface area contributed by atoms with E-state index < -0.39 is 6.29 Å². The number of carbonyl (C=O) groups is 2. The standard InChI is InChI=1S/C43H52N4O6/c44-38-11-4-5-12-39(38)46-42(51)14-3-1-2-13-41(50)45-26-31-8-6-9-35(24-31)32-19-21-34(22-20-32)43-52-37(27-47-23-7-10-36(47)29-49)25-40(53-43)33-17-15-30(28-48)16-18-33/h4-6,8-9,11-12,15-22,24,36-37,40,43,48-49H,1-3,7,10,13-14,23,25-29,44H2,(H,45,50)(H,46,51)/t36-,37+,40-,43-/m0/s1. The number of hydrogen-bond acceptors (Lipinski definition) is 8. The predicted molar refractivity (Wildman–Crippen MR) is 206 cm³/mol. The quantitative estimate of drug-likeness (QED) is 0.0640. The van der Waals surface area contributed by atoms with Crippen molar-refractivity contribution in [3.63, 3.8) is 0 Å². The largest absolute Gasteiger partial charge is 0.397 e. The lowest BCUT2D eigenvalue weighted by Gasteiger charge is -2.38. The van der Waals surface area contributed by atoms with Gasteiger partial charge in [0.25, 0.3) is 0 Å². The Bertz CT molecular complexity index is 1780. The number of anilines is 2. The molecule has 0 radical (unpaired) electrons. The monoisotopic (exact) mass is 720 g/mol. The number of ether oxygens (including phenoxy) is 2. The maximum absolute atomic E-state index is 12.6. The molecule has 10 nitrogen and oxygen atoms in total. The van der Waals surface area contributed by atoms with Gasteiger partial charge < -0.3 is 36.1 Å². The number of hydrogen-bond donors (Lipinski definition) is 5. The lowest BCUT2D eigenvalue weighted by molar-refractivity contribution is -0.253. The molecular formula is C43H52N4O6. The average Bonchev–Trinajstić information content (AvgIpc) is 3.65. The highest BCUT2D eigenvalue weighted by atomic mass is 16.7. The Kier molecular flexibility index (Phi) is 13.6. The maximum Gasteiger partial charge on any atom is 0.224 e. The van der Waals surface area contributed by atoms with Crippen LogP contribution in [0, 0.1) is 0 Å². The van der Waals surface area contributed by atoms with Crippen molar-refractivity contribution in [2.45, 2.75) is 89.1 Å². The van der Waals surface area contributed by atoms with E-state index in [1.807, 2.05) is 48.5 Å². The van der Waals surface area contributed by atoms with Gasteiger partial charge >= 0.3 is 0 Å². The third kappa shape index (κ3) is 10.7. The van der Waals surface area contributed by atoms with Crippen LogP contribution in [-0.2, 0) is 32.2 Å². The third-order valence-corrected chi connectivity index (χ3v) is 10.2. The van der Waals surface area contributed by atoms with Gasteiger partial charge in [-0.05, 0) is 78.2 Å². The van der Waals surface area contributed by atoms with E-state index in [0.717, 1.165) is 65.7 Å². The summed E-state index contributed by atoms with van der Waals surface area (Å²) in [4.78, 5) is 27.1. The van der Waals surface area contributed by atoms with Crippen molar-refractivity contribution in [1.29, 1.82) is 0 Å². The van der Waals surface area contributed by atoms with Gasteiger partial charge in [0.2, 0.25) is 11.8 Å². The molecule has 0 unspecified atom stereocenters. The minimum Gasteiger partial charge on any atom is -0.397 e. The molecule has 6 N–H and O–H groups in total. The van der Waals surface area contributed by atoms with Crippen LogP contribution in [0.5, 0.6) is 0 Å². The number of aliphatic hydroxyl groups is 2. The molecule has 53 heavy (non-hydrogen) atoms. The summed E-state index contributed by atoms with van der Waals surface area (Å²) in [6.07, 6.45) is 5.00. The summed E-state index contributed by atoms with van der Waals surface area (Å²) in [7, 11) is 0. The van der Waals surface area contributed by atoms with Crippen LogP contribution in [0.25, 0.3) is 11.1 Å². The van der Waals surface area contributed by atoms with Gasteiger partial charge in [-0.3, -0.25) is 14.5 Å². The van der Waals surface area contributed by atoms with Crippen LogP contribution in [0.3, 0.4) is 0 Å². The molecule has 0 bridgehead atoms. The van der Waals surface area contributed by atoms with E-state index in [1.165, 1.54) is 0 Å². The summed E-state index contributed by atoms with van der Waals surface area (Å²) in [5.74, 6) is -0.0850. The van der Waals surface area contributed by atoms with Gasteiger partial charge in [-0.15, -0.1) is 0 Å². The van der Waals surface area contributed by atoms with Crippen molar-refractivity contribution < 1.29 is 29.3 Å². The Morgan fingerprint density at radius 3 is 2.30 bits per heavy atom. The molecule has 0 aromatic heterocycles. The number of nitrogen functional groups attached to an aromatic ring is 1. The molecule has 4 aromatic carbocycles. The average molecular weight is 721 g/mol. The second-order valence-electron chi connectivity index (χ2n) is 14.1. The summed E-state index contributed by atoms with van der Waals surface area (Å²) >= 11 is 0. The van der Waals surface area contributed by atoms with Crippen molar-refractivity contribution in [3.05, 3.63) is 119 Å². The van der Waals surface area contributed by atoms with Crippen molar-refractivity contribution in [1.82, 2.24) is 10.2 Å². The molecule has 2 amide bonds. The van der Waals surface area contributed by atoms with Crippen LogP contribution in [0.15, 0.2) is 97.1 Å². The summed E-state index contributed by atoms with van der Waals surface area (Å²) in [5.41, 5.74) is 13.0. The molecule has 10 heteroatoms. The van der Waals surface area contributed by atoms with Crippen LogP contribution in [0.4, 0.5) is 11.4 Å². The molecule has 2 aliphatic heterocycles. The number of nitrogens with two attached hydrogens (primary N) is 1. The molecule has 280 valence electrons. The zero-order chi connectivity index (χ0) is 37.0. The van der Waals surface area contributed by atoms with Gasteiger partial charge in [-0.25, -0.2) is 0 Å². The summed E-state index contributed by atoms with van der Waals surface area (Å²) < 4.78 is 13.1. The Balaban J connectivity index is 1.000. The van der Waals surface area contributed by atoms with Gasteiger partial charge in [0.1, 0.15) is 0 Å². The number of para-hydroxylation sites is 2. The number of nitrogens with one attached hydrogen (secondary N) is 2. The van der Waals surface area contributed by atoms with E-state index >= 15 is 0 Å². The normalized spacial score (nSPS) is 20.3. The molecule has 2 saturated heterocycles. The van der Waals surface area contributed by atoms with E-state index in [0.29, 0.717) is 50.0 Å². The minimum absolute atomic E-state index is 0.00147. The Morgan fingerprint density at radius 1 is 0.792 bits per heavy atom. The topological polar surface area (TPSA) is 146 Å². The lowest BCUT2D eigenvalue weighted by atomic mass is 9.98. The fourth-order valence-electron chi connectivity index (χ4n) is 7.19. The fourth-order valence-corrected chi connectivity index (χ4v) is 7.19. The van der Waals surface area contributed by atoms with Crippen LogP contribution in [0.1, 0.15) is 86.0 Å². The molecule has 2 fully saturated rings. The number of aliphatic hydroxyl groups excluding tert-OH is 2. The van der Waals surface area contributed by atoms with Crippen molar-refractivity contribution in [2.75, 3.05) is 30.7 Å². The van der Waals surface area contributed by atoms with Crippen LogP contribution in [-0.4, -0.2) is 58.8 Å². The van der Waals surface area contributed by atoms with E-state index in [2.05, 4.69) is 51.9 Å². The Labute approximate surface area is 312 Å². The maximum atomic E-state index is 12.6. The van der Waals surface area contributed by atoms with E-state index in [1.54, 1.807) is 12.1 Å². The lowest BCUT2D eigenvalue weighted by Crippen LogP contribution is -2.42. The minimum atomic E-state index is -0.548. The number of carbonyl (C=O) groups excluding carboxylic acids is 2. The van der Waals surface area contributed by atoms with Crippen LogP contribution in [0.2, 0.25) is 0 Å². The van der Waals surface area contributed by atoms with Gasteiger partial charge in [-0.2, -0.15) is 0 Å².